The molecule has 2 aliphatic rings. The second-order valence-corrected chi connectivity index (χ2v) is 7.63. The fraction of sp³-hybridized carbons (Fsp3) is 0.300. The van der Waals surface area contributed by atoms with Crippen LogP contribution >= 0.6 is 0 Å². The van der Waals surface area contributed by atoms with Gasteiger partial charge in [-0.05, 0) is 37.0 Å². The molecule has 1 amide bonds. The molecule has 2 fully saturated rings. The van der Waals surface area contributed by atoms with E-state index in [1.807, 2.05) is 4.90 Å². The van der Waals surface area contributed by atoms with Crippen LogP contribution in [0.2, 0.25) is 0 Å². The van der Waals surface area contributed by atoms with E-state index in [1.54, 1.807) is 12.1 Å². The first-order valence-corrected chi connectivity index (χ1v) is 9.73. The van der Waals surface area contributed by atoms with E-state index in [9.17, 15) is 22.4 Å². The molecule has 1 saturated carbocycles. The van der Waals surface area contributed by atoms with Crippen LogP contribution in [0.25, 0.3) is 11.4 Å². The molecule has 3 aromatic rings. The average Bonchev–Trinajstić information content (AvgIpc) is 3.43. The lowest BCUT2D eigenvalue weighted by molar-refractivity contribution is -0.137. The summed E-state index contributed by atoms with van der Waals surface area (Å²) in [5.41, 5.74) is -1.51. The van der Waals surface area contributed by atoms with E-state index >= 15 is 0 Å². The van der Waals surface area contributed by atoms with Crippen molar-refractivity contribution in [3.63, 3.8) is 0 Å². The van der Waals surface area contributed by atoms with Gasteiger partial charge >= 0.3 is 6.18 Å². The SMILES string of the molecule is O=C(Nc1cc(-c2ncc(F)cn2)c(C(F)(F)F)cn1)[C@@H]1C[C@H]2C[C@H]2N1c1cccnn1. The van der Waals surface area contributed by atoms with E-state index in [-0.39, 0.29) is 17.7 Å². The summed E-state index contributed by atoms with van der Waals surface area (Å²) < 4.78 is 53.5. The van der Waals surface area contributed by atoms with Crippen molar-refractivity contribution >= 4 is 17.5 Å². The third kappa shape index (κ3) is 3.72. The normalized spacial score (nSPS) is 21.9. The van der Waals surface area contributed by atoms with Crippen LogP contribution in [0, 0.1) is 11.7 Å². The van der Waals surface area contributed by atoms with Gasteiger partial charge in [0, 0.05) is 24.0 Å². The van der Waals surface area contributed by atoms with E-state index in [0.29, 0.717) is 24.4 Å². The van der Waals surface area contributed by atoms with E-state index in [0.717, 1.165) is 24.9 Å². The van der Waals surface area contributed by atoms with Crippen molar-refractivity contribution in [2.24, 2.45) is 5.92 Å². The fourth-order valence-corrected chi connectivity index (χ4v) is 4.05. The first-order chi connectivity index (χ1) is 15.3. The van der Waals surface area contributed by atoms with Gasteiger partial charge in [0.15, 0.2) is 17.5 Å². The number of hydrogen-bond donors (Lipinski definition) is 1. The number of carbonyl (C=O) groups excluding carboxylic acids is 1. The standard InChI is InChI=1S/C20H15F4N7O/c21-11-7-26-18(27-8-11)12-6-16(25-9-13(12)20(22,23)24)29-19(32)15-5-10-4-14(10)31(15)17-2-1-3-28-30-17/h1-3,6-10,14-15H,4-5H2,(H,25,29,32)/t10-,14-,15+/m1/s1. The van der Waals surface area contributed by atoms with Crippen molar-refractivity contribution in [3.05, 3.63) is 54.4 Å². The van der Waals surface area contributed by atoms with Crippen molar-refractivity contribution < 1.29 is 22.4 Å². The highest BCUT2D eigenvalue weighted by Gasteiger charge is 2.54. The molecule has 0 spiro atoms. The Morgan fingerprint density at radius 1 is 1.12 bits per heavy atom. The lowest BCUT2D eigenvalue weighted by atomic mass is 10.1. The molecule has 1 saturated heterocycles. The van der Waals surface area contributed by atoms with Crippen molar-refractivity contribution in [1.82, 2.24) is 25.1 Å². The lowest BCUT2D eigenvalue weighted by Gasteiger charge is -2.27. The van der Waals surface area contributed by atoms with Crippen molar-refractivity contribution in [1.29, 1.82) is 0 Å². The molecule has 5 rings (SSSR count). The minimum Gasteiger partial charge on any atom is -0.340 e. The molecule has 3 atom stereocenters. The lowest BCUT2D eigenvalue weighted by Crippen LogP contribution is -2.42. The third-order valence-corrected chi connectivity index (χ3v) is 5.55. The molecule has 12 heteroatoms. The van der Waals surface area contributed by atoms with Crippen LogP contribution in [0.5, 0.6) is 0 Å². The molecular formula is C20H15F4N7O. The molecule has 0 aromatic carbocycles. The number of amides is 1. The fourth-order valence-electron chi connectivity index (χ4n) is 4.05. The summed E-state index contributed by atoms with van der Waals surface area (Å²) in [6, 6.07) is 4.15. The Hall–Kier alpha value is -3.70. The van der Waals surface area contributed by atoms with Gasteiger partial charge in [-0.2, -0.15) is 18.3 Å². The molecule has 4 heterocycles. The Balaban J connectivity index is 1.43. The van der Waals surface area contributed by atoms with Gasteiger partial charge in [0.25, 0.3) is 0 Å². The molecule has 0 radical (unpaired) electrons. The third-order valence-electron chi connectivity index (χ3n) is 5.55. The summed E-state index contributed by atoms with van der Waals surface area (Å²) in [6.45, 7) is 0. The monoisotopic (exact) mass is 445 g/mol. The van der Waals surface area contributed by atoms with E-state index in [2.05, 4.69) is 30.5 Å². The Labute approximate surface area is 178 Å². The Morgan fingerprint density at radius 2 is 1.91 bits per heavy atom. The highest BCUT2D eigenvalue weighted by Crippen LogP contribution is 2.49. The molecule has 1 N–H and O–H groups in total. The van der Waals surface area contributed by atoms with Crippen LogP contribution in [0.15, 0.2) is 43.0 Å². The summed E-state index contributed by atoms with van der Waals surface area (Å²) in [4.78, 5) is 25.9. The first-order valence-electron chi connectivity index (χ1n) is 9.73. The van der Waals surface area contributed by atoms with E-state index in [4.69, 9.17) is 0 Å². The average molecular weight is 445 g/mol. The molecule has 0 unspecified atom stereocenters. The van der Waals surface area contributed by atoms with Crippen LogP contribution in [-0.2, 0) is 11.0 Å². The number of carbonyl (C=O) groups is 1. The van der Waals surface area contributed by atoms with Crippen molar-refractivity contribution in [3.8, 4) is 11.4 Å². The highest BCUT2D eigenvalue weighted by atomic mass is 19.4. The zero-order valence-corrected chi connectivity index (χ0v) is 16.3. The largest absolute Gasteiger partial charge is 0.418 e. The zero-order valence-electron chi connectivity index (χ0n) is 16.3. The van der Waals surface area contributed by atoms with Gasteiger partial charge in [0.05, 0.1) is 18.0 Å². The Kier molecular flexibility index (Phi) is 4.72. The number of aromatic nitrogens is 5. The van der Waals surface area contributed by atoms with Gasteiger partial charge in [-0.25, -0.2) is 19.3 Å². The number of nitrogens with zero attached hydrogens (tertiary/aromatic N) is 6. The number of pyridine rings is 1. The molecule has 32 heavy (non-hydrogen) atoms. The van der Waals surface area contributed by atoms with Crippen molar-refractivity contribution in [2.75, 3.05) is 10.2 Å². The summed E-state index contributed by atoms with van der Waals surface area (Å²) in [5, 5.41) is 10.5. The predicted octanol–water partition coefficient (Wildman–Crippen LogP) is 3.09. The summed E-state index contributed by atoms with van der Waals surface area (Å²) >= 11 is 0. The summed E-state index contributed by atoms with van der Waals surface area (Å²) in [6.07, 6.45) is 0.481. The number of halogens is 4. The zero-order chi connectivity index (χ0) is 22.5. The molecule has 8 nitrogen and oxygen atoms in total. The van der Waals surface area contributed by atoms with Crippen LogP contribution in [0.1, 0.15) is 18.4 Å². The number of hydrogen-bond acceptors (Lipinski definition) is 7. The van der Waals surface area contributed by atoms with E-state index < -0.39 is 35.1 Å². The van der Waals surface area contributed by atoms with Gasteiger partial charge in [-0.1, -0.05) is 0 Å². The first kappa shape index (κ1) is 20.2. The second-order valence-electron chi connectivity index (χ2n) is 7.63. The maximum atomic E-state index is 13.5. The summed E-state index contributed by atoms with van der Waals surface area (Å²) in [5.74, 6) is -0.699. The Bertz CT molecular complexity index is 1160. The smallest absolute Gasteiger partial charge is 0.340 e. The molecule has 1 aliphatic heterocycles. The maximum absolute atomic E-state index is 13.5. The van der Waals surface area contributed by atoms with Crippen LogP contribution in [0.4, 0.5) is 29.2 Å². The Morgan fingerprint density at radius 3 is 2.59 bits per heavy atom. The number of nitrogens with one attached hydrogen (secondary N) is 1. The van der Waals surface area contributed by atoms with Gasteiger partial charge in [-0.15, -0.1) is 5.10 Å². The molecule has 0 bridgehead atoms. The minimum atomic E-state index is -4.74. The number of anilines is 2. The summed E-state index contributed by atoms with van der Waals surface area (Å²) in [7, 11) is 0. The predicted molar refractivity (Wildman–Crippen MR) is 104 cm³/mol. The molecule has 1 aliphatic carbocycles. The van der Waals surface area contributed by atoms with Gasteiger partial charge in [0.1, 0.15) is 11.9 Å². The maximum Gasteiger partial charge on any atom is 0.418 e. The number of piperidine rings is 1. The van der Waals surface area contributed by atoms with E-state index in [1.165, 1.54) is 6.20 Å². The molecule has 3 aromatic heterocycles. The second kappa shape index (κ2) is 7.46. The van der Waals surface area contributed by atoms with Crippen LogP contribution in [-0.4, -0.2) is 43.1 Å². The van der Waals surface area contributed by atoms with Gasteiger partial charge in [-0.3, -0.25) is 4.79 Å². The van der Waals surface area contributed by atoms with Crippen LogP contribution < -0.4 is 10.2 Å². The van der Waals surface area contributed by atoms with Crippen molar-refractivity contribution in [2.45, 2.75) is 31.1 Å². The highest BCUT2D eigenvalue weighted by molar-refractivity contribution is 5.97. The van der Waals surface area contributed by atoms with Gasteiger partial charge in [0.2, 0.25) is 5.91 Å². The van der Waals surface area contributed by atoms with Crippen LogP contribution in [0.3, 0.4) is 0 Å². The minimum absolute atomic E-state index is 0.0920. The number of rotatable bonds is 4. The quantitative estimate of drug-likeness (QED) is 0.617. The number of alkyl halides is 3. The number of fused-ring (bicyclic) bond motifs is 1. The van der Waals surface area contributed by atoms with Gasteiger partial charge < -0.3 is 10.2 Å². The topological polar surface area (TPSA) is 96.8 Å². The molecular weight excluding hydrogens is 430 g/mol. The molecule has 164 valence electrons.